The fraction of sp³-hybridized carbons (Fsp3) is 0.429. The summed E-state index contributed by atoms with van der Waals surface area (Å²) < 4.78 is 82.3. The highest BCUT2D eigenvalue weighted by molar-refractivity contribution is 5.97. The summed E-state index contributed by atoms with van der Waals surface area (Å²) in [5, 5.41) is 2.15. The third kappa shape index (κ3) is 8.87. The molecular formula is C14H14F6N2O5. The SMILES string of the molecule is CCNC(=O)ONC(=O)c1cc(OCC(F)(F)F)ccc1OCC(F)(F)F. The molecular weight excluding hydrogens is 390 g/mol. The standard InChI is InChI=1S/C14H14F6N2O5/c1-2-21-12(24)27-22-11(23)9-5-8(25-6-13(15,16)17)3-4-10(9)26-7-14(18,19)20/h3-5H,2,6-7H2,1H3,(H,21,24)(H,22,23). The van der Waals surface area contributed by atoms with Crippen LogP contribution in [0.25, 0.3) is 0 Å². The molecule has 7 nitrogen and oxygen atoms in total. The van der Waals surface area contributed by atoms with Crippen LogP contribution >= 0.6 is 0 Å². The number of nitrogens with one attached hydrogen (secondary N) is 2. The second-order valence-electron chi connectivity index (χ2n) is 4.82. The first-order valence-corrected chi connectivity index (χ1v) is 7.19. The fourth-order valence-corrected chi connectivity index (χ4v) is 1.56. The summed E-state index contributed by atoms with van der Waals surface area (Å²) in [5.74, 6) is -2.31. The summed E-state index contributed by atoms with van der Waals surface area (Å²) in [5.41, 5.74) is 0.995. The molecule has 152 valence electrons. The van der Waals surface area contributed by atoms with Crippen molar-refractivity contribution >= 4 is 12.0 Å². The van der Waals surface area contributed by atoms with Crippen LogP contribution in [-0.4, -0.2) is 44.1 Å². The number of amides is 2. The van der Waals surface area contributed by atoms with Crippen LogP contribution in [0.5, 0.6) is 11.5 Å². The van der Waals surface area contributed by atoms with Gasteiger partial charge in [0.15, 0.2) is 13.2 Å². The maximum atomic E-state index is 12.3. The summed E-state index contributed by atoms with van der Waals surface area (Å²) >= 11 is 0. The van der Waals surface area contributed by atoms with E-state index in [-0.39, 0.29) is 6.54 Å². The van der Waals surface area contributed by atoms with Crippen molar-refractivity contribution in [3.8, 4) is 11.5 Å². The minimum Gasteiger partial charge on any atom is -0.484 e. The summed E-state index contributed by atoms with van der Waals surface area (Å²) in [6.45, 7) is -1.73. The summed E-state index contributed by atoms with van der Waals surface area (Å²) in [4.78, 5) is 27.4. The van der Waals surface area contributed by atoms with Gasteiger partial charge in [0.1, 0.15) is 11.5 Å². The van der Waals surface area contributed by atoms with Gasteiger partial charge in [-0.1, -0.05) is 0 Å². The summed E-state index contributed by atoms with van der Waals surface area (Å²) in [6, 6.07) is 2.42. The van der Waals surface area contributed by atoms with E-state index in [9.17, 15) is 35.9 Å². The predicted molar refractivity (Wildman–Crippen MR) is 77.2 cm³/mol. The highest BCUT2D eigenvalue weighted by Gasteiger charge is 2.30. The highest BCUT2D eigenvalue weighted by Crippen LogP contribution is 2.27. The molecule has 0 spiro atoms. The minimum atomic E-state index is -4.73. The van der Waals surface area contributed by atoms with E-state index < -0.39 is 54.6 Å². The van der Waals surface area contributed by atoms with Crippen LogP contribution in [0.1, 0.15) is 17.3 Å². The Balaban J connectivity index is 2.97. The number of hydrogen-bond donors (Lipinski definition) is 2. The van der Waals surface area contributed by atoms with Gasteiger partial charge in [0.25, 0.3) is 5.91 Å². The Morgan fingerprint density at radius 1 is 1.00 bits per heavy atom. The van der Waals surface area contributed by atoms with Gasteiger partial charge < -0.3 is 19.6 Å². The van der Waals surface area contributed by atoms with Crippen LogP contribution in [0, 0.1) is 0 Å². The lowest BCUT2D eigenvalue weighted by Gasteiger charge is -2.15. The molecule has 0 aromatic heterocycles. The lowest BCUT2D eigenvalue weighted by atomic mass is 10.2. The molecule has 27 heavy (non-hydrogen) atoms. The molecule has 1 aromatic rings. The third-order valence-electron chi connectivity index (χ3n) is 2.55. The molecule has 13 heteroatoms. The largest absolute Gasteiger partial charge is 0.484 e. The molecule has 0 bridgehead atoms. The van der Waals surface area contributed by atoms with E-state index >= 15 is 0 Å². The first-order chi connectivity index (χ1) is 12.4. The number of carbonyl (C=O) groups is 2. The van der Waals surface area contributed by atoms with E-state index in [1.54, 1.807) is 12.4 Å². The Morgan fingerprint density at radius 3 is 2.15 bits per heavy atom. The van der Waals surface area contributed by atoms with Crippen molar-refractivity contribution in [3.05, 3.63) is 23.8 Å². The Labute approximate surface area is 148 Å². The molecule has 2 N–H and O–H groups in total. The lowest BCUT2D eigenvalue weighted by molar-refractivity contribution is -0.154. The topological polar surface area (TPSA) is 85.9 Å². The van der Waals surface area contributed by atoms with Crippen LogP contribution in [0.4, 0.5) is 31.1 Å². The number of benzene rings is 1. The Morgan fingerprint density at radius 2 is 1.59 bits per heavy atom. The van der Waals surface area contributed by atoms with Crippen molar-refractivity contribution in [2.24, 2.45) is 0 Å². The van der Waals surface area contributed by atoms with E-state index in [1.807, 2.05) is 0 Å². The second-order valence-corrected chi connectivity index (χ2v) is 4.82. The number of ether oxygens (including phenoxy) is 2. The summed E-state index contributed by atoms with van der Waals surface area (Å²) in [6.07, 6.45) is -10.5. The number of carbonyl (C=O) groups excluding carboxylic acids is 2. The number of alkyl halides is 6. The number of halogens is 6. The van der Waals surface area contributed by atoms with Crippen LogP contribution in [-0.2, 0) is 4.84 Å². The third-order valence-corrected chi connectivity index (χ3v) is 2.55. The highest BCUT2D eigenvalue weighted by atomic mass is 19.4. The molecule has 0 heterocycles. The molecule has 0 aliphatic carbocycles. The number of rotatable bonds is 6. The van der Waals surface area contributed by atoms with Crippen LogP contribution < -0.4 is 20.3 Å². The minimum absolute atomic E-state index is 0.162. The van der Waals surface area contributed by atoms with Crippen molar-refractivity contribution in [1.29, 1.82) is 0 Å². The van der Waals surface area contributed by atoms with Crippen molar-refractivity contribution in [3.63, 3.8) is 0 Å². The number of hydrogen-bond acceptors (Lipinski definition) is 5. The van der Waals surface area contributed by atoms with E-state index in [2.05, 4.69) is 19.6 Å². The van der Waals surface area contributed by atoms with Crippen LogP contribution in [0.15, 0.2) is 18.2 Å². The molecule has 1 aromatic carbocycles. The van der Waals surface area contributed by atoms with Gasteiger partial charge in [0, 0.05) is 6.54 Å². The smallest absolute Gasteiger partial charge is 0.431 e. The van der Waals surface area contributed by atoms with Crippen molar-refractivity contribution in [1.82, 2.24) is 10.8 Å². The monoisotopic (exact) mass is 404 g/mol. The molecule has 2 amide bonds. The van der Waals surface area contributed by atoms with E-state index in [0.717, 1.165) is 12.1 Å². The van der Waals surface area contributed by atoms with Gasteiger partial charge in [-0.25, -0.2) is 4.79 Å². The van der Waals surface area contributed by atoms with E-state index in [0.29, 0.717) is 6.07 Å². The average molecular weight is 404 g/mol. The molecule has 0 saturated carbocycles. The summed E-state index contributed by atoms with van der Waals surface area (Å²) in [7, 11) is 0. The quantitative estimate of drug-likeness (QED) is 0.563. The molecule has 0 fully saturated rings. The second kappa shape index (κ2) is 9.19. The van der Waals surface area contributed by atoms with E-state index in [1.165, 1.54) is 0 Å². The molecule has 0 saturated heterocycles. The van der Waals surface area contributed by atoms with Gasteiger partial charge in [0.2, 0.25) is 0 Å². The molecule has 0 atom stereocenters. The maximum Gasteiger partial charge on any atom is 0.431 e. The van der Waals surface area contributed by atoms with Crippen molar-refractivity contribution in [2.75, 3.05) is 19.8 Å². The zero-order valence-corrected chi connectivity index (χ0v) is 13.7. The zero-order chi connectivity index (χ0) is 20.7. The zero-order valence-electron chi connectivity index (χ0n) is 13.7. The van der Waals surface area contributed by atoms with Crippen LogP contribution in [0.2, 0.25) is 0 Å². The van der Waals surface area contributed by atoms with Gasteiger partial charge >= 0.3 is 18.4 Å². The molecule has 0 radical (unpaired) electrons. The van der Waals surface area contributed by atoms with Gasteiger partial charge in [-0.05, 0) is 25.1 Å². The Bertz CT molecular complexity index is 662. The van der Waals surface area contributed by atoms with Crippen molar-refractivity contribution in [2.45, 2.75) is 19.3 Å². The average Bonchev–Trinajstić information content (AvgIpc) is 2.55. The predicted octanol–water partition coefficient (Wildman–Crippen LogP) is 2.96. The molecule has 0 aliphatic heterocycles. The Hall–Kier alpha value is -2.86. The lowest BCUT2D eigenvalue weighted by Crippen LogP contribution is -2.34. The van der Waals surface area contributed by atoms with Gasteiger partial charge in [0.05, 0.1) is 5.56 Å². The normalized spacial score (nSPS) is 11.5. The first kappa shape index (κ1) is 22.2. The molecule has 0 aliphatic rings. The Kier molecular flexibility index (Phi) is 7.55. The van der Waals surface area contributed by atoms with Gasteiger partial charge in [-0.15, -0.1) is 0 Å². The van der Waals surface area contributed by atoms with Gasteiger partial charge in [-0.3, -0.25) is 4.79 Å². The first-order valence-electron chi connectivity index (χ1n) is 7.19. The molecule has 1 rings (SSSR count). The van der Waals surface area contributed by atoms with Crippen LogP contribution in [0.3, 0.4) is 0 Å². The van der Waals surface area contributed by atoms with Gasteiger partial charge in [-0.2, -0.15) is 31.8 Å². The molecule has 0 unspecified atom stereocenters. The number of hydroxylamine groups is 1. The maximum absolute atomic E-state index is 12.3. The fourth-order valence-electron chi connectivity index (χ4n) is 1.56. The van der Waals surface area contributed by atoms with Crippen molar-refractivity contribution < 1.29 is 50.2 Å². The van der Waals surface area contributed by atoms with E-state index in [4.69, 9.17) is 0 Å².